The van der Waals surface area contributed by atoms with Gasteiger partial charge in [-0.15, -0.1) is 0 Å². The highest BCUT2D eigenvalue weighted by molar-refractivity contribution is 7.88. The number of aliphatic carboxylic acids is 1. The molecule has 104 valence electrons. The Morgan fingerprint density at radius 1 is 1.33 bits per heavy atom. The largest absolute Gasteiger partial charge is 0.481 e. The molecule has 1 N–H and O–H groups in total. The zero-order valence-electron chi connectivity index (χ0n) is 10.7. The van der Waals surface area contributed by atoms with Crippen LogP contribution in [0.1, 0.15) is 20.3 Å². The van der Waals surface area contributed by atoms with Crippen LogP contribution in [0.25, 0.3) is 0 Å². The van der Waals surface area contributed by atoms with E-state index < -0.39 is 28.1 Å². The number of hydrogen-bond acceptors (Lipinski definition) is 4. The summed E-state index contributed by atoms with van der Waals surface area (Å²) in [6.07, 6.45) is 0.746. The monoisotopic (exact) mass is 278 g/mol. The molecule has 8 heteroatoms. The number of hydrogen-bond donors (Lipinski definition) is 1. The summed E-state index contributed by atoms with van der Waals surface area (Å²) < 4.78 is 24.4. The molecule has 0 unspecified atom stereocenters. The van der Waals surface area contributed by atoms with Crippen molar-refractivity contribution in [3.63, 3.8) is 0 Å². The molecule has 7 nitrogen and oxygen atoms in total. The molecular formula is C10H18N2O5S. The molecule has 1 aliphatic heterocycles. The van der Waals surface area contributed by atoms with Crippen LogP contribution in [0.5, 0.6) is 0 Å². The van der Waals surface area contributed by atoms with E-state index in [0.29, 0.717) is 6.54 Å². The van der Waals surface area contributed by atoms with Gasteiger partial charge in [0.2, 0.25) is 15.9 Å². The minimum Gasteiger partial charge on any atom is -0.481 e. The molecule has 0 aromatic rings. The highest BCUT2D eigenvalue weighted by Gasteiger charge is 2.40. The summed E-state index contributed by atoms with van der Waals surface area (Å²) in [6.45, 7) is 3.50. The molecule has 1 fully saturated rings. The molecule has 1 aliphatic rings. The van der Waals surface area contributed by atoms with Crippen molar-refractivity contribution in [1.82, 2.24) is 9.21 Å². The van der Waals surface area contributed by atoms with Gasteiger partial charge in [-0.1, -0.05) is 0 Å². The van der Waals surface area contributed by atoms with Gasteiger partial charge in [0.25, 0.3) is 0 Å². The molecule has 0 spiro atoms. The van der Waals surface area contributed by atoms with Crippen molar-refractivity contribution in [1.29, 1.82) is 0 Å². The summed E-state index contributed by atoms with van der Waals surface area (Å²) in [6, 6.07) is -1.16. The van der Waals surface area contributed by atoms with Crippen LogP contribution in [0.15, 0.2) is 0 Å². The number of nitrogens with zero attached hydrogens (tertiary/aromatic N) is 2. The lowest BCUT2D eigenvalue weighted by Crippen LogP contribution is -2.61. The van der Waals surface area contributed by atoms with E-state index in [9.17, 15) is 18.0 Å². The third-order valence-corrected chi connectivity index (χ3v) is 4.50. The zero-order valence-corrected chi connectivity index (χ0v) is 11.5. The number of piperazine rings is 1. The summed E-state index contributed by atoms with van der Waals surface area (Å²) in [5.74, 6) is -1.25. The molecule has 0 bridgehead atoms. The summed E-state index contributed by atoms with van der Waals surface area (Å²) in [7, 11) is -3.47. The Hall–Kier alpha value is -1.15. The second-order valence-corrected chi connectivity index (χ2v) is 6.43. The summed E-state index contributed by atoms with van der Waals surface area (Å²) >= 11 is 0. The number of carbonyl (C=O) groups excluding carboxylic acids is 1. The fourth-order valence-corrected chi connectivity index (χ4v) is 3.49. The standard InChI is InChI=1S/C10H18N2O5S/c1-7-9(6-10(14)15)12(18(3,16)17)5-4-11(7)8(2)13/h7,9H,4-6H2,1-3H3,(H,14,15)/t7-,9-/m0/s1. The summed E-state index contributed by atoms with van der Waals surface area (Å²) in [4.78, 5) is 23.8. The van der Waals surface area contributed by atoms with Crippen LogP contribution >= 0.6 is 0 Å². The van der Waals surface area contributed by atoms with Gasteiger partial charge in [0.05, 0.1) is 18.7 Å². The van der Waals surface area contributed by atoms with Crippen molar-refractivity contribution in [3.05, 3.63) is 0 Å². The van der Waals surface area contributed by atoms with Crippen LogP contribution in [-0.4, -0.2) is 66.0 Å². The average molecular weight is 278 g/mol. The Labute approximate surface area is 106 Å². The molecule has 1 rings (SSSR count). The number of rotatable bonds is 3. The predicted octanol–water partition coefficient (Wildman–Crippen LogP) is -0.658. The van der Waals surface area contributed by atoms with Crippen molar-refractivity contribution in [2.45, 2.75) is 32.4 Å². The molecule has 0 aliphatic carbocycles. The fourth-order valence-electron chi connectivity index (χ4n) is 2.33. The van der Waals surface area contributed by atoms with Gasteiger partial charge in [0, 0.05) is 26.1 Å². The number of carbonyl (C=O) groups is 2. The topological polar surface area (TPSA) is 95.0 Å². The fraction of sp³-hybridized carbons (Fsp3) is 0.800. The Morgan fingerprint density at radius 2 is 1.89 bits per heavy atom. The van der Waals surface area contributed by atoms with E-state index in [-0.39, 0.29) is 18.9 Å². The highest BCUT2D eigenvalue weighted by atomic mass is 32.2. The van der Waals surface area contributed by atoms with Crippen LogP contribution in [0, 0.1) is 0 Å². The van der Waals surface area contributed by atoms with E-state index in [1.54, 1.807) is 6.92 Å². The third-order valence-electron chi connectivity index (χ3n) is 3.19. The van der Waals surface area contributed by atoms with Gasteiger partial charge in [-0.3, -0.25) is 9.59 Å². The maximum Gasteiger partial charge on any atom is 0.305 e. The molecule has 1 amide bonds. The lowest BCUT2D eigenvalue weighted by atomic mass is 10.0. The van der Waals surface area contributed by atoms with Crippen molar-refractivity contribution >= 4 is 21.9 Å². The Morgan fingerprint density at radius 3 is 2.28 bits per heavy atom. The number of sulfonamides is 1. The Bertz CT molecular complexity index is 447. The van der Waals surface area contributed by atoms with Crippen molar-refractivity contribution < 1.29 is 23.1 Å². The second-order valence-electron chi connectivity index (χ2n) is 4.49. The van der Waals surface area contributed by atoms with Gasteiger partial charge >= 0.3 is 5.97 Å². The lowest BCUT2D eigenvalue weighted by Gasteiger charge is -2.44. The molecule has 2 atom stereocenters. The molecule has 1 saturated heterocycles. The molecule has 0 aromatic carbocycles. The van der Waals surface area contributed by atoms with Gasteiger partial charge in [-0.25, -0.2) is 8.42 Å². The van der Waals surface area contributed by atoms with Gasteiger partial charge in [0.15, 0.2) is 0 Å². The maximum atomic E-state index is 11.6. The van der Waals surface area contributed by atoms with E-state index in [1.807, 2.05) is 0 Å². The van der Waals surface area contributed by atoms with E-state index in [4.69, 9.17) is 5.11 Å². The van der Waals surface area contributed by atoms with Crippen LogP contribution in [-0.2, 0) is 19.6 Å². The zero-order chi connectivity index (χ0) is 14.1. The summed E-state index contributed by atoms with van der Waals surface area (Å²) in [5.41, 5.74) is 0. The first-order valence-corrected chi connectivity index (χ1v) is 7.45. The predicted molar refractivity (Wildman–Crippen MR) is 64.4 cm³/mol. The quantitative estimate of drug-likeness (QED) is 0.739. The first kappa shape index (κ1) is 14.9. The van der Waals surface area contributed by atoms with Crippen LogP contribution in [0.2, 0.25) is 0 Å². The van der Waals surface area contributed by atoms with Crippen molar-refractivity contribution in [2.75, 3.05) is 19.3 Å². The van der Waals surface area contributed by atoms with Crippen LogP contribution in [0.4, 0.5) is 0 Å². The smallest absolute Gasteiger partial charge is 0.305 e. The van der Waals surface area contributed by atoms with Crippen LogP contribution in [0.3, 0.4) is 0 Å². The SMILES string of the molecule is CC(=O)N1CCN(S(C)(=O)=O)[C@@H](CC(=O)O)[C@@H]1C. The van der Waals surface area contributed by atoms with Gasteiger partial charge in [-0.2, -0.15) is 4.31 Å². The molecule has 1 heterocycles. The molecule has 18 heavy (non-hydrogen) atoms. The molecule has 0 saturated carbocycles. The highest BCUT2D eigenvalue weighted by Crippen LogP contribution is 2.22. The van der Waals surface area contributed by atoms with E-state index in [0.717, 1.165) is 6.26 Å². The van der Waals surface area contributed by atoms with Crippen LogP contribution < -0.4 is 0 Å². The average Bonchev–Trinajstić information content (AvgIpc) is 2.17. The number of carboxylic acid groups (broad SMARTS) is 1. The van der Waals surface area contributed by atoms with E-state index in [1.165, 1.54) is 16.1 Å². The first-order valence-electron chi connectivity index (χ1n) is 5.60. The number of carboxylic acids is 1. The van der Waals surface area contributed by atoms with Gasteiger partial charge < -0.3 is 10.0 Å². The summed E-state index contributed by atoms with van der Waals surface area (Å²) in [5, 5.41) is 8.87. The van der Waals surface area contributed by atoms with Crippen molar-refractivity contribution in [3.8, 4) is 0 Å². The Kier molecular flexibility index (Phi) is 4.33. The maximum absolute atomic E-state index is 11.6. The minimum atomic E-state index is -3.47. The Balaban J connectivity index is 3.03. The molecule has 0 aromatic heterocycles. The molecular weight excluding hydrogens is 260 g/mol. The first-order chi connectivity index (χ1) is 8.14. The van der Waals surface area contributed by atoms with E-state index >= 15 is 0 Å². The van der Waals surface area contributed by atoms with Gasteiger partial charge in [-0.05, 0) is 6.92 Å². The number of amides is 1. The van der Waals surface area contributed by atoms with E-state index in [2.05, 4.69) is 0 Å². The van der Waals surface area contributed by atoms with Crippen molar-refractivity contribution in [2.24, 2.45) is 0 Å². The normalized spacial score (nSPS) is 26.1. The minimum absolute atomic E-state index is 0.140. The molecule has 0 radical (unpaired) electrons. The second kappa shape index (κ2) is 5.23. The van der Waals surface area contributed by atoms with Gasteiger partial charge in [0.1, 0.15) is 0 Å². The third kappa shape index (κ3) is 3.20. The lowest BCUT2D eigenvalue weighted by molar-refractivity contribution is -0.142.